The maximum absolute atomic E-state index is 12.8. The monoisotopic (exact) mass is 413 g/mol. The molecule has 0 spiro atoms. The van der Waals surface area contributed by atoms with Gasteiger partial charge in [0.1, 0.15) is 12.4 Å². The summed E-state index contributed by atoms with van der Waals surface area (Å²) in [7, 11) is 0. The van der Waals surface area contributed by atoms with E-state index in [-0.39, 0.29) is 30.5 Å². The highest BCUT2D eigenvalue weighted by Gasteiger charge is 2.37. The molecular weight excluding hydrogens is 388 g/mol. The van der Waals surface area contributed by atoms with E-state index >= 15 is 0 Å². The number of carbonyl (C=O) groups excluding carboxylic acids is 1. The number of carbonyl (C=O) groups is 1. The van der Waals surface area contributed by atoms with Gasteiger partial charge in [-0.05, 0) is 55.4 Å². The quantitative estimate of drug-likeness (QED) is 0.569. The Morgan fingerprint density at radius 3 is 2.63 bits per heavy atom. The molecule has 2 aromatic carbocycles. The van der Waals surface area contributed by atoms with Crippen LogP contribution in [-0.2, 0) is 17.8 Å². The zero-order chi connectivity index (χ0) is 20.9. The van der Waals surface area contributed by atoms with Gasteiger partial charge >= 0.3 is 12.7 Å². The molecule has 158 valence electrons. The standard InChI is InChI=1S/C24H25F2NO3/c25-23(26)30-22-11-4-8-18(15-22)12-19-13-20-9-5-10-21(14-19)27(20)24(28)29-16-17-6-2-1-3-7-17/h1-4,6-8,11,13,15,20-21,23H,5,9-10,12,14,16H2. The van der Waals surface area contributed by atoms with E-state index in [1.165, 1.54) is 11.6 Å². The van der Waals surface area contributed by atoms with E-state index in [0.29, 0.717) is 6.42 Å². The minimum Gasteiger partial charge on any atom is -0.445 e. The Kier molecular flexibility index (Phi) is 6.31. The minimum atomic E-state index is -2.83. The van der Waals surface area contributed by atoms with Crippen LogP contribution in [0.5, 0.6) is 5.75 Å². The summed E-state index contributed by atoms with van der Waals surface area (Å²) in [6.45, 7) is -2.56. The van der Waals surface area contributed by atoms with Crippen molar-refractivity contribution in [3.05, 3.63) is 77.4 Å². The van der Waals surface area contributed by atoms with Crippen LogP contribution in [0.2, 0.25) is 0 Å². The predicted octanol–water partition coefficient (Wildman–Crippen LogP) is 5.72. The van der Waals surface area contributed by atoms with Gasteiger partial charge in [-0.25, -0.2) is 4.79 Å². The summed E-state index contributed by atoms with van der Waals surface area (Å²) < 4.78 is 35.0. The fourth-order valence-corrected chi connectivity index (χ4v) is 4.42. The van der Waals surface area contributed by atoms with E-state index in [4.69, 9.17) is 4.74 Å². The number of hydrogen-bond acceptors (Lipinski definition) is 3. The molecule has 2 heterocycles. The van der Waals surface area contributed by atoms with Crippen molar-refractivity contribution < 1.29 is 23.0 Å². The van der Waals surface area contributed by atoms with Crippen LogP contribution in [-0.4, -0.2) is 29.7 Å². The van der Waals surface area contributed by atoms with Crippen molar-refractivity contribution in [2.45, 2.75) is 57.4 Å². The van der Waals surface area contributed by atoms with Gasteiger partial charge in [0, 0.05) is 6.04 Å². The second kappa shape index (κ2) is 9.28. The van der Waals surface area contributed by atoms with Crippen LogP contribution in [0.15, 0.2) is 66.2 Å². The molecule has 0 radical (unpaired) electrons. The molecule has 1 saturated heterocycles. The highest BCUT2D eigenvalue weighted by molar-refractivity contribution is 5.69. The van der Waals surface area contributed by atoms with Crippen LogP contribution in [0.3, 0.4) is 0 Å². The Labute approximate surface area is 175 Å². The number of nitrogens with zero attached hydrogens (tertiary/aromatic N) is 1. The molecule has 1 fully saturated rings. The average Bonchev–Trinajstić information content (AvgIpc) is 2.72. The maximum Gasteiger partial charge on any atom is 0.410 e. The molecular formula is C24H25F2NO3. The first-order valence-electron chi connectivity index (χ1n) is 10.3. The molecule has 4 nitrogen and oxygen atoms in total. The number of piperidine rings is 1. The maximum atomic E-state index is 12.8. The molecule has 0 aromatic heterocycles. The first-order chi connectivity index (χ1) is 14.6. The lowest BCUT2D eigenvalue weighted by Crippen LogP contribution is -2.52. The van der Waals surface area contributed by atoms with Crippen molar-refractivity contribution in [3.63, 3.8) is 0 Å². The summed E-state index contributed by atoms with van der Waals surface area (Å²) in [6, 6.07) is 16.6. The fourth-order valence-electron chi connectivity index (χ4n) is 4.42. The zero-order valence-corrected chi connectivity index (χ0v) is 16.7. The van der Waals surface area contributed by atoms with Crippen LogP contribution in [0.4, 0.5) is 13.6 Å². The number of alkyl halides is 2. The molecule has 2 atom stereocenters. The number of benzene rings is 2. The van der Waals surface area contributed by atoms with E-state index in [1.54, 1.807) is 12.1 Å². The zero-order valence-electron chi connectivity index (χ0n) is 16.7. The normalized spacial score (nSPS) is 20.6. The van der Waals surface area contributed by atoms with Gasteiger partial charge in [0.25, 0.3) is 0 Å². The SMILES string of the molecule is O=C(OCc1ccccc1)N1C2C=C(Cc3cccc(OC(F)F)c3)CC1CCC2. The molecule has 2 aliphatic rings. The van der Waals surface area contributed by atoms with Gasteiger partial charge in [0.2, 0.25) is 0 Å². The highest BCUT2D eigenvalue weighted by atomic mass is 19.3. The summed E-state index contributed by atoms with van der Waals surface area (Å²) in [5.41, 5.74) is 3.12. The van der Waals surface area contributed by atoms with Gasteiger partial charge in [0.15, 0.2) is 0 Å². The number of fused-ring (bicyclic) bond motifs is 2. The summed E-state index contributed by atoms with van der Waals surface area (Å²) in [5.74, 6) is 0.171. The lowest BCUT2D eigenvalue weighted by atomic mass is 9.83. The van der Waals surface area contributed by atoms with Crippen molar-refractivity contribution in [1.29, 1.82) is 0 Å². The summed E-state index contributed by atoms with van der Waals surface area (Å²) in [5, 5.41) is 0. The first kappa shape index (κ1) is 20.4. The second-order valence-corrected chi connectivity index (χ2v) is 7.83. The van der Waals surface area contributed by atoms with Gasteiger partial charge < -0.3 is 9.47 Å². The Balaban J connectivity index is 1.42. The van der Waals surface area contributed by atoms with Crippen molar-refractivity contribution >= 4 is 6.09 Å². The van der Waals surface area contributed by atoms with Crippen LogP contribution in [0.25, 0.3) is 0 Å². The number of ether oxygens (including phenoxy) is 2. The second-order valence-electron chi connectivity index (χ2n) is 7.83. The van der Waals surface area contributed by atoms with Gasteiger partial charge in [0.05, 0.1) is 6.04 Å². The van der Waals surface area contributed by atoms with Crippen molar-refractivity contribution in [2.24, 2.45) is 0 Å². The Bertz CT molecular complexity index is 900. The van der Waals surface area contributed by atoms with E-state index in [2.05, 4.69) is 10.8 Å². The molecule has 1 amide bonds. The molecule has 0 aliphatic carbocycles. The molecule has 0 saturated carbocycles. The van der Waals surface area contributed by atoms with Crippen LogP contribution >= 0.6 is 0 Å². The van der Waals surface area contributed by atoms with Gasteiger partial charge in [-0.3, -0.25) is 4.90 Å². The smallest absolute Gasteiger partial charge is 0.410 e. The Morgan fingerprint density at radius 1 is 1.07 bits per heavy atom. The number of hydrogen-bond donors (Lipinski definition) is 0. The first-order valence-corrected chi connectivity index (χ1v) is 10.3. The van der Waals surface area contributed by atoms with Crippen molar-refractivity contribution in [3.8, 4) is 5.75 Å². The van der Waals surface area contributed by atoms with Crippen LogP contribution in [0.1, 0.15) is 36.8 Å². The third kappa shape index (κ3) is 4.99. The van der Waals surface area contributed by atoms with Crippen molar-refractivity contribution in [1.82, 2.24) is 4.90 Å². The van der Waals surface area contributed by atoms with E-state index < -0.39 is 6.61 Å². The molecule has 2 bridgehead atoms. The van der Waals surface area contributed by atoms with E-state index in [9.17, 15) is 13.6 Å². The molecule has 30 heavy (non-hydrogen) atoms. The van der Waals surface area contributed by atoms with Gasteiger partial charge in [-0.1, -0.05) is 54.1 Å². The van der Waals surface area contributed by atoms with Crippen molar-refractivity contribution in [2.75, 3.05) is 0 Å². The topological polar surface area (TPSA) is 38.8 Å². The number of halogens is 2. The Morgan fingerprint density at radius 2 is 1.87 bits per heavy atom. The number of rotatable bonds is 6. The van der Waals surface area contributed by atoms with E-state index in [0.717, 1.165) is 36.8 Å². The molecule has 2 aliphatic heterocycles. The lowest BCUT2D eigenvalue weighted by Gasteiger charge is -2.44. The molecule has 6 heteroatoms. The minimum absolute atomic E-state index is 0.0243. The van der Waals surface area contributed by atoms with E-state index in [1.807, 2.05) is 41.3 Å². The fraction of sp³-hybridized carbons (Fsp3) is 0.375. The summed E-state index contributed by atoms with van der Waals surface area (Å²) in [6.07, 6.45) is 6.27. The lowest BCUT2D eigenvalue weighted by molar-refractivity contribution is -0.0498. The summed E-state index contributed by atoms with van der Waals surface area (Å²) >= 11 is 0. The summed E-state index contributed by atoms with van der Waals surface area (Å²) in [4.78, 5) is 14.7. The van der Waals surface area contributed by atoms with Gasteiger partial charge in [-0.2, -0.15) is 8.78 Å². The molecule has 2 aromatic rings. The average molecular weight is 413 g/mol. The Hall–Kier alpha value is -2.89. The van der Waals surface area contributed by atoms with Gasteiger partial charge in [-0.15, -0.1) is 0 Å². The number of amides is 1. The highest BCUT2D eigenvalue weighted by Crippen LogP contribution is 2.35. The third-order valence-electron chi connectivity index (χ3n) is 5.68. The largest absolute Gasteiger partial charge is 0.445 e. The third-order valence-corrected chi connectivity index (χ3v) is 5.68. The molecule has 0 N–H and O–H groups in total. The van der Waals surface area contributed by atoms with Crippen LogP contribution < -0.4 is 4.74 Å². The van der Waals surface area contributed by atoms with Crippen LogP contribution in [0, 0.1) is 0 Å². The predicted molar refractivity (Wildman–Crippen MR) is 109 cm³/mol. The molecule has 2 unspecified atom stereocenters. The molecule has 4 rings (SSSR count).